The minimum absolute atomic E-state index is 0.348. The van der Waals surface area contributed by atoms with Gasteiger partial charge in [-0.2, -0.15) is 0 Å². The summed E-state index contributed by atoms with van der Waals surface area (Å²) in [5.74, 6) is 1.87. The molecule has 0 radical (unpaired) electrons. The van der Waals surface area contributed by atoms with Crippen LogP contribution in [0.1, 0.15) is 42.6 Å². The second-order valence-corrected chi connectivity index (χ2v) is 5.53. The highest BCUT2D eigenvalue weighted by Gasteiger charge is 2.27. The average molecular weight is 262 g/mol. The maximum Gasteiger partial charge on any atom is 0.225 e. The molecular formula is C14H16ClN3. The van der Waals surface area contributed by atoms with Gasteiger partial charge >= 0.3 is 0 Å². The van der Waals surface area contributed by atoms with Crippen molar-refractivity contribution in [1.29, 1.82) is 0 Å². The molecule has 18 heavy (non-hydrogen) atoms. The van der Waals surface area contributed by atoms with Gasteiger partial charge in [-0.05, 0) is 29.1 Å². The monoisotopic (exact) mass is 261 g/mol. The highest BCUT2D eigenvalue weighted by molar-refractivity contribution is 6.28. The second kappa shape index (κ2) is 4.39. The number of fused-ring (bicyclic) bond motifs is 1. The summed E-state index contributed by atoms with van der Waals surface area (Å²) in [6.45, 7) is 5.12. The van der Waals surface area contributed by atoms with Crippen molar-refractivity contribution in [3.05, 3.63) is 46.5 Å². The molecule has 0 fully saturated rings. The fraction of sp³-hybridized carbons (Fsp3) is 0.429. The zero-order valence-corrected chi connectivity index (χ0v) is 11.4. The zero-order chi connectivity index (χ0) is 12.7. The Bertz CT molecular complexity index is 574. The lowest BCUT2D eigenvalue weighted by Gasteiger charge is -2.31. The Morgan fingerprint density at radius 2 is 2.11 bits per heavy atom. The van der Waals surface area contributed by atoms with Gasteiger partial charge in [0.1, 0.15) is 5.82 Å². The van der Waals surface area contributed by atoms with Gasteiger partial charge in [-0.25, -0.2) is 0 Å². The molecule has 2 aromatic rings. The van der Waals surface area contributed by atoms with Gasteiger partial charge in [-0.3, -0.25) is 0 Å². The lowest BCUT2D eigenvalue weighted by Crippen LogP contribution is -2.23. The third-order valence-corrected chi connectivity index (χ3v) is 3.89. The van der Waals surface area contributed by atoms with Gasteiger partial charge in [0.05, 0.1) is 0 Å². The van der Waals surface area contributed by atoms with Crippen molar-refractivity contribution in [3.8, 4) is 0 Å². The summed E-state index contributed by atoms with van der Waals surface area (Å²) < 4.78 is 2.05. The van der Waals surface area contributed by atoms with Crippen molar-refractivity contribution in [2.75, 3.05) is 0 Å². The predicted octanol–water partition coefficient (Wildman–Crippen LogP) is 3.39. The van der Waals surface area contributed by atoms with Crippen LogP contribution in [0.3, 0.4) is 0 Å². The Balaban J connectivity index is 1.85. The summed E-state index contributed by atoms with van der Waals surface area (Å²) in [5, 5.41) is 8.65. The van der Waals surface area contributed by atoms with E-state index in [1.54, 1.807) is 0 Å². The molecule has 1 aromatic heterocycles. The van der Waals surface area contributed by atoms with Gasteiger partial charge in [-0.1, -0.05) is 38.1 Å². The number of hydrogen-bond acceptors (Lipinski definition) is 2. The van der Waals surface area contributed by atoms with Crippen molar-refractivity contribution in [3.63, 3.8) is 0 Å². The van der Waals surface area contributed by atoms with E-state index in [4.69, 9.17) is 11.6 Å². The topological polar surface area (TPSA) is 30.7 Å². The lowest BCUT2D eigenvalue weighted by atomic mass is 9.77. The Labute approximate surface area is 112 Å². The van der Waals surface area contributed by atoms with Crippen molar-refractivity contribution >= 4 is 11.6 Å². The molecule has 3 nitrogen and oxygen atoms in total. The van der Waals surface area contributed by atoms with Crippen LogP contribution in [0, 0.1) is 0 Å². The first-order chi connectivity index (χ1) is 8.66. The maximum atomic E-state index is 6.13. The van der Waals surface area contributed by atoms with Crippen molar-refractivity contribution < 1.29 is 0 Å². The standard InChI is InChI=1S/C14H16ClN3/c1-9(2)13-16-17-14(15)18(13)8-11-7-10-5-3-4-6-12(10)11/h3-6,9,11H,7-8H2,1-2H3. The van der Waals surface area contributed by atoms with Crippen LogP contribution in [0.25, 0.3) is 0 Å². The Hall–Kier alpha value is -1.35. The smallest absolute Gasteiger partial charge is 0.225 e. The largest absolute Gasteiger partial charge is 0.301 e. The number of rotatable bonds is 3. The number of nitrogens with zero attached hydrogens (tertiary/aromatic N) is 3. The summed E-state index contributed by atoms with van der Waals surface area (Å²) in [4.78, 5) is 0. The number of benzene rings is 1. The first-order valence-corrected chi connectivity index (χ1v) is 6.71. The highest BCUT2D eigenvalue weighted by atomic mass is 35.5. The van der Waals surface area contributed by atoms with Crippen molar-refractivity contribution in [2.24, 2.45) is 0 Å². The van der Waals surface area contributed by atoms with E-state index < -0.39 is 0 Å². The number of aromatic nitrogens is 3. The van der Waals surface area contributed by atoms with E-state index in [2.05, 4.69) is 48.3 Å². The quantitative estimate of drug-likeness (QED) is 0.848. The third-order valence-electron chi connectivity index (χ3n) is 3.61. The Morgan fingerprint density at radius 3 is 2.83 bits per heavy atom. The first kappa shape index (κ1) is 11.7. The number of halogens is 1. The first-order valence-electron chi connectivity index (χ1n) is 6.33. The maximum absolute atomic E-state index is 6.13. The average Bonchev–Trinajstić information content (AvgIpc) is 2.68. The summed E-state index contributed by atoms with van der Waals surface area (Å²) in [6.07, 6.45) is 1.13. The van der Waals surface area contributed by atoms with Crippen LogP contribution in [0.2, 0.25) is 5.28 Å². The number of hydrogen-bond donors (Lipinski definition) is 0. The van der Waals surface area contributed by atoms with E-state index in [-0.39, 0.29) is 0 Å². The van der Waals surface area contributed by atoms with Crippen LogP contribution in [0.5, 0.6) is 0 Å². The van der Waals surface area contributed by atoms with Crippen LogP contribution in [-0.4, -0.2) is 14.8 Å². The van der Waals surface area contributed by atoms with Crippen LogP contribution >= 0.6 is 11.6 Å². The summed E-state index contributed by atoms with van der Waals surface area (Å²) in [6, 6.07) is 8.60. The molecule has 1 aliphatic rings. The van der Waals surface area contributed by atoms with Gasteiger partial charge in [0.15, 0.2) is 0 Å². The van der Waals surface area contributed by atoms with Gasteiger partial charge in [0, 0.05) is 18.4 Å². The molecule has 0 spiro atoms. The molecule has 1 unspecified atom stereocenters. The van der Waals surface area contributed by atoms with E-state index in [1.165, 1.54) is 11.1 Å². The SMILES string of the molecule is CC(C)c1nnc(Cl)n1CC1Cc2ccccc21. The van der Waals surface area contributed by atoms with E-state index >= 15 is 0 Å². The molecule has 1 aliphatic carbocycles. The molecule has 0 amide bonds. The normalized spacial score (nSPS) is 17.7. The Kier molecular flexibility index (Phi) is 2.86. The Morgan fingerprint density at radius 1 is 1.33 bits per heavy atom. The molecular weight excluding hydrogens is 246 g/mol. The van der Waals surface area contributed by atoms with Crippen LogP contribution in [0.15, 0.2) is 24.3 Å². The molecule has 1 aromatic carbocycles. The van der Waals surface area contributed by atoms with Crippen molar-refractivity contribution in [2.45, 2.75) is 38.6 Å². The fourth-order valence-corrected chi connectivity index (χ4v) is 2.83. The minimum atomic E-state index is 0.348. The van der Waals surface area contributed by atoms with Gasteiger partial charge in [0.2, 0.25) is 5.28 Å². The van der Waals surface area contributed by atoms with E-state index in [1.807, 2.05) is 4.57 Å². The van der Waals surface area contributed by atoms with Crippen LogP contribution in [0.4, 0.5) is 0 Å². The molecule has 94 valence electrons. The molecule has 1 atom stereocenters. The summed E-state index contributed by atoms with van der Waals surface area (Å²) >= 11 is 6.13. The van der Waals surface area contributed by atoms with Gasteiger partial charge < -0.3 is 4.57 Å². The molecule has 0 N–H and O–H groups in total. The minimum Gasteiger partial charge on any atom is -0.301 e. The molecule has 4 heteroatoms. The van der Waals surface area contributed by atoms with E-state index in [0.29, 0.717) is 17.1 Å². The molecule has 0 saturated heterocycles. The molecule has 0 saturated carbocycles. The van der Waals surface area contributed by atoms with Gasteiger partial charge in [-0.15, -0.1) is 10.2 Å². The zero-order valence-electron chi connectivity index (χ0n) is 10.6. The van der Waals surface area contributed by atoms with Gasteiger partial charge in [0.25, 0.3) is 0 Å². The molecule has 0 bridgehead atoms. The molecule has 3 rings (SSSR count). The summed E-state index contributed by atoms with van der Waals surface area (Å²) in [7, 11) is 0. The van der Waals surface area contributed by atoms with Crippen molar-refractivity contribution in [1.82, 2.24) is 14.8 Å². The fourth-order valence-electron chi connectivity index (χ4n) is 2.64. The van der Waals surface area contributed by atoms with E-state index in [9.17, 15) is 0 Å². The third kappa shape index (κ3) is 1.83. The molecule has 0 aliphatic heterocycles. The lowest BCUT2D eigenvalue weighted by molar-refractivity contribution is 0.488. The second-order valence-electron chi connectivity index (χ2n) is 5.19. The van der Waals surface area contributed by atoms with Crippen LogP contribution < -0.4 is 0 Å². The molecule has 1 heterocycles. The highest BCUT2D eigenvalue weighted by Crippen LogP contribution is 2.37. The van der Waals surface area contributed by atoms with E-state index in [0.717, 1.165) is 18.8 Å². The predicted molar refractivity (Wildman–Crippen MR) is 72.0 cm³/mol. The summed E-state index contributed by atoms with van der Waals surface area (Å²) in [5.41, 5.74) is 2.90. The van der Waals surface area contributed by atoms with Crippen LogP contribution in [-0.2, 0) is 13.0 Å².